The van der Waals surface area contributed by atoms with Crippen molar-refractivity contribution in [3.8, 4) is 11.5 Å². The van der Waals surface area contributed by atoms with E-state index < -0.39 is 17.7 Å². The first-order valence-electron chi connectivity index (χ1n) is 11.3. The minimum Gasteiger partial charge on any atom is -0.507 e. The molecule has 34 heavy (non-hydrogen) atoms. The normalized spacial score (nSPS) is 18.0. The smallest absolute Gasteiger partial charge is 0.295 e. The summed E-state index contributed by atoms with van der Waals surface area (Å²) < 4.78 is 10.6. The predicted molar refractivity (Wildman–Crippen MR) is 132 cm³/mol. The van der Waals surface area contributed by atoms with Crippen LogP contribution in [0.5, 0.6) is 11.5 Å². The number of aliphatic hydroxyl groups excluding tert-OH is 1. The minimum atomic E-state index is -0.698. The van der Waals surface area contributed by atoms with Crippen LogP contribution in [0.25, 0.3) is 5.76 Å². The summed E-state index contributed by atoms with van der Waals surface area (Å²) in [5, 5.41) is 11.3. The first-order chi connectivity index (χ1) is 16.0. The molecule has 7 heteroatoms. The molecule has 1 atom stereocenters. The van der Waals surface area contributed by atoms with Crippen LogP contribution in [0.4, 0.5) is 0 Å². The summed E-state index contributed by atoms with van der Waals surface area (Å²) in [4.78, 5) is 29.7. The topological polar surface area (TPSA) is 79.3 Å². The highest BCUT2D eigenvalue weighted by molar-refractivity contribution is 6.46. The highest BCUT2D eigenvalue weighted by atomic mass is 16.5. The van der Waals surface area contributed by atoms with Crippen LogP contribution in [-0.4, -0.2) is 68.0 Å². The van der Waals surface area contributed by atoms with Gasteiger partial charge in [0.15, 0.2) is 11.5 Å². The maximum Gasteiger partial charge on any atom is 0.295 e. The number of benzene rings is 2. The highest BCUT2D eigenvalue weighted by Gasteiger charge is 2.46. The monoisotopic (exact) mass is 466 g/mol. The SMILES string of the molecule is COc1ccc(/C(O)=C2\C(=O)C(=O)N(CCN(C)C)C2c2ccc(C(C)(C)C)cc2)cc1OC. The third kappa shape index (κ3) is 4.94. The Labute approximate surface area is 201 Å². The van der Waals surface area contributed by atoms with E-state index in [9.17, 15) is 14.7 Å². The number of ether oxygens (including phenoxy) is 2. The van der Waals surface area contributed by atoms with Gasteiger partial charge in [-0.25, -0.2) is 0 Å². The van der Waals surface area contributed by atoms with Gasteiger partial charge in [0.1, 0.15) is 5.76 Å². The van der Waals surface area contributed by atoms with E-state index in [1.165, 1.54) is 14.2 Å². The second-order valence-corrected chi connectivity index (χ2v) is 9.74. The van der Waals surface area contributed by atoms with Crippen molar-refractivity contribution in [2.45, 2.75) is 32.2 Å². The van der Waals surface area contributed by atoms with Crippen molar-refractivity contribution in [2.75, 3.05) is 41.4 Å². The van der Waals surface area contributed by atoms with E-state index in [1.54, 1.807) is 23.1 Å². The molecule has 182 valence electrons. The van der Waals surface area contributed by atoms with Crippen LogP contribution in [0.1, 0.15) is 43.5 Å². The van der Waals surface area contributed by atoms with Gasteiger partial charge in [0.05, 0.1) is 25.8 Å². The van der Waals surface area contributed by atoms with Crippen LogP contribution >= 0.6 is 0 Å². The molecule has 1 N–H and O–H groups in total. The Morgan fingerprint density at radius 2 is 1.62 bits per heavy atom. The molecule has 1 amide bonds. The van der Waals surface area contributed by atoms with Gasteiger partial charge in [-0.1, -0.05) is 45.0 Å². The Morgan fingerprint density at radius 3 is 2.15 bits per heavy atom. The van der Waals surface area contributed by atoms with Gasteiger partial charge in [0, 0.05) is 18.7 Å². The number of methoxy groups -OCH3 is 2. The zero-order chi connectivity index (χ0) is 25.2. The molecule has 7 nitrogen and oxygen atoms in total. The molecule has 1 unspecified atom stereocenters. The van der Waals surface area contributed by atoms with E-state index in [0.29, 0.717) is 30.2 Å². The number of nitrogens with zero attached hydrogens (tertiary/aromatic N) is 2. The molecule has 0 saturated carbocycles. The van der Waals surface area contributed by atoms with Crippen molar-refractivity contribution in [3.63, 3.8) is 0 Å². The standard InChI is InChI=1S/C27H34N2O5/c1-27(2,3)19-11-8-17(9-12-19)23-22(25(31)26(32)29(23)15-14-28(4)5)24(30)18-10-13-20(33-6)21(16-18)34-7/h8-13,16,23,30H,14-15H2,1-7H3/b24-22+. The lowest BCUT2D eigenvalue weighted by molar-refractivity contribution is -0.140. The highest BCUT2D eigenvalue weighted by Crippen LogP contribution is 2.41. The molecule has 2 aromatic rings. The average Bonchev–Trinajstić information content (AvgIpc) is 3.06. The van der Waals surface area contributed by atoms with Gasteiger partial charge < -0.3 is 24.4 Å². The van der Waals surface area contributed by atoms with Gasteiger partial charge >= 0.3 is 0 Å². The molecule has 2 aromatic carbocycles. The Bertz CT molecular complexity index is 1100. The maximum atomic E-state index is 13.2. The van der Waals surface area contributed by atoms with E-state index in [0.717, 1.165) is 11.1 Å². The number of amides is 1. The minimum absolute atomic E-state index is 0.0368. The molecule has 0 aliphatic carbocycles. The summed E-state index contributed by atoms with van der Waals surface area (Å²) in [6, 6.07) is 12.1. The predicted octanol–water partition coefficient (Wildman–Crippen LogP) is 3.98. The molecule has 1 saturated heterocycles. The lowest BCUT2D eigenvalue weighted by Gasteiger charge is -2.27. The van der Waals surface area contributed by atoms with Crippen LogP contribution < -0.4 is 9.47 Å². The van der Waals surface area contributed by atoms with E-state index in [4.69, 9.17) is 9.47 Å². The summed E-state index contributed by atoms with van der Waals surface area (Å²) >= 11 is 0. The number of hydrogen-bond acceptors (Lipinski definition) is 6. The van der Waals surface area contributed by atoms with Gasteiger partial charge in [-0.15, -0.1) is 0 Å². The van der Waals surface area contributed by atoms with E-state index in [1.807, 2.05) is 43.3 Å². The van der Waals surface area contributed by atoms with Crippen molar-refractivity contribution < 1.29 is 24.2 Å². The van der Waals surface area contributed by atoms with Gasteiger partial charge in [-0.05, 0) is 48.8 Å². The van der Waals surface area contributed by atoms with Gasteiger partial charge in [-0.2, -0.15) is 0 Å². The second kappa shape index (κ2) is 9.89. The number of likely N-dealkylation sites (N-methyl/N-ethyl adjacent to an activating group) is 1. The molecular weight excluding hydrogens is 432 g/mol. The quantitative estimate of drug-likeness (QED) is 0.378. The third-order valence-electron chi connectivity index (χ3n) is 6.08. The number of Topliss-reactive ketones (excluding diaryl/α,β-unsaturated/α-hetero) is 1. The van der Waals surface area contributed by atoms with E-state index in [-0.39, 0.29) is 16.7 Å². The van der Waals surface area contributed by atoms with Crippen LogP contribution in [0, 0.1) is 0 Å². The van der Waals surface area contributed by atoms with Crippen LogP contribution in [0.3, 0.4) is 0 Å². The van der Waals surface area contributed by atoms with Gasteiger partial charge in [0.25, 0.3) is 11.7 Å². The number of rotatable bonds is 7. The lowest BCUT2D eigenvalue weighted by Crippen LogP contribution is -2.35. The Kier molecular flexibility index (Phi) is 7.36. The molecular formula is C27H34N2O5. The van der Waals surface area contributed by atoms with Crippen molar-refractivity contribution in [2.24, 2.45) is 0 Å². The summed E-state index contributed by atoms with van der Waals surface area (Å²) in [6.45, 7) is 7.32. The van der Waals surface area contributed by atoms with E-state index >= 15 is 0 Å². The van der Waals surface area contributed by atoms with Crippen molar-refractivity contribution in [3.05, 3.63) is 64.7 Å². The van der Waals surface area contributed by atoms with Crippen molar-refractivity contribution in [1.29, 1.82) is 0 Å². The van der Waals surface area contributed by atoms with Crippen LogP contribution in [0.15, 0.2) is 48.0 Å². The summed E-state index contributed by atoms with van der Waals surface area (Å²) in [7, 11) is 6.84. The zero-order valence-electron chi connectivity index (χ0n) is 21.0. The fourth-order valence-electron chi connectivity index (χ4n) is 4.07. The molecule has 1 aliphatic heterocycles. The number of carbonyl (C=O) groups is 2. The number of hydrogen-bond donors (Lipinski definition) is 1. The summed E-state index contributed by atoms with van der Waals surface area (Å²) in [6.07, 6.45) is 0. The number of ketones is 1. The summed E-state index contributed by atoms with van der Waals surface area (Å²) in [5.41, 5.74) is 2.32. The largest absolute Gasteiger partial charge is 0.507 e. The molecule has 0 bridgehead atoms. The van der Waals surface area contributed by atoms with Crippen LogP contribution in [0.2, 0.25) is 0 Å². The van der Waals surface area contributed by atoms with Gasteiger partial charge in [-0.3, -0.25) is 9.59 Å². The molecule has 0 radical (unpaired) electrons. The average molecular weight is 467 g/mol. The molecule has 1 heterocycles. The summed E-state index contributed by atoms with van der Waals surface area (Å²) in [5.74, 6) is -0.638. The number of likely N-dealkylation sites (tertiary alicyclic amines) is 1. The number of carbonyl (C=O) groups excluding carboxylic acids is 2. The van der Waals surface area contributed by atoms with Crippen molar-refractivity contribution in [1.82, 2.24) is 9.80 Å². The fourth-order valence-corrected chi connectivity index (χ4v) is 4.07. The van der Waals surface area contributed by atoms with E-state index in [2.05, 4.69) is 20.8 Å². The Balaban J connectivity index is 2.16. The fraction of sp³-hybridized carbons (Fsp3) is 0.407. The molecule has 0 spiro atoms. The molecule has 1 fully saturated rings. The molecule has 1 aliphatic rings. The first-order valence-corrected chi connectivity index (χ1v) is 11.3. The third-order valence-corrected chi connectivity index (χ3v) is 6.08. The van der Waals surface area contributed by atoms with Crippen LogP contribution in [-0.2, 0) is 15.0 Å². The lowest BCUT2D eigenvalue weighted by atomic mass is 9.85. The Hall–Kier alpha value is -3.32. The van der Waals surface area contributed by atoms with Gasteiger partial charge in [0.2, 0.25) is 0 Å². The van der Waals surface area contributed by atoms with Crippen molar-refractivity contribution >= 4 is 17.4 Å². The zero-order valence-corrected chi connectivity index (χ0v) is 21.0. The molecule has 3 rings (SSSR count). The Morgan fingerprint density at radius 1 is 1.00 bits per heavy atom. The number of aliphatic hydroxyl groups is 1. The maximum absolute atomic E-state index is 13.2. The molecule has 0 aromatic heterocycles. The second-order valence-electron chi connectivity index (χ2n) is 9.74. The first kappa shape index (κ1) is 25.3.